The van der Waals surface area contributed by atoms with Crippen molar-refractivity contribution >= 4 is 11.5 Å². The highest BCUT2D eigenvalue weighted by Gasteiger charge is 2.19. The summed E-state index contributed by atoms with van der Waals surface area (Å²) in [6.45, 7) is 5.95. The quantitative estimate of drug-likeness (QED) is 0.642. The van der Waals surface area contributed by atoms with E-state index in [0.717, 1.165) is 50.4 Å². The summed E-state index contributed by atoms with van der Waals surface area (Å²) >= 11 is 0. The summed E-state index contributed by atoms with van der Waals surface area (Å²) < 4.78 is 0. The lowest BCUT2D eigenvalue weighted by molar-refractivity contribution is -0.385. The van der Waals surface area contributed by atoms with Crippen LogP contribution in [0.15, 0.2) is 42.6 Å². The number of rotatable bonds is 6. The number of hydrogen-bond acceptors (Lipinski definition) is 5. The Labute approximate surface area is 148 Å². The zero-order valence-corrected chi connectivity index (χ0v) is 14.5. The van der Waals surface area contributed by atoms with Gasteiger partial charge in [-0.3, -0.25) is 15.0 Å². The van der Waals surface area contributed by atoms with Gasteiger partial charge in [0, 0.05) is 19.2 Å². The summed E-state index contributed by atoms with van der Waals surface area (Å²) in [4.78, 5) is 17.1. The van der Waals surface area contributed by atoms with Crippen molar-refractivity contribution in [3.05, 3.63) is 63.8 Å². The van der Waals surface area contributed by atoms with Crippen molar-refractivity contribution in [2.45, 2.75) is 26.3 Å². The molecule has 0 spiro atoms. The Morgan fingerprint density at radius 1 is 1.28 bits per heavy atom. The van der Waals surface area contributed by atoms with E-state index in [1.165, 1.54) is 11.8 Å². The second-order valence-electron chi connectivity index (χ2n) is 6.70. The molecule has 6 nitrogen and oxygen atoms in total. The van der Waals surface area contributed by atoms with Gasteiger partial charge >= 0.3 is 0 Å². The second kappa shape index (κ2) is 8.07. The topological polar surface area (TPSA) is 71.3 Å². The zero-order chi connectivity index (χ0) is 17.6. The van der Waals surface area contributed by atoms with Crippen molar-refractivity contribution in [2.75, 3.05) is 25.0 Å². The molecule has 0 radical (unpaired) electrons. The third-order valence-electron chi connectivity index (χ3n) is 4.79. The normalized spacial score (nSPS) is 15.9. The van der Waals surface area contributed by atoms with Gasteiger partial charge < -0.3 is 5.32 Å². The predicted molar refractivity (Wildman–Crippen MR) is 98.6 cm³/mol. The number of pyridine rings is 1. The van der Waals surface area contributed by atoms with Crippen molar-refractivity contribution in [2.24, 2.45) is 5.92 Å². The van der Waals surface area contributed by atoms with Crippen LogP contribution in [0.3, 0.4) is 0 Å². The van der Waals surface area contributed by atoms with E-state index in [1.807, 2.05) is 6.92 Å². The van der Waals surface area contributed by atoms with Gasteiger partial charge in [0.15, 0.2) is 0 Å². The van der Waals surface area contributed by atoms with E-state index < -0.39 is 4.92 Å². The molecule has 6 heteroatoms. The van der Waals surface area contributed by atoms with Gasteiger partial charge in [-0.2, -0.15) is 0 Å². The molecule has 1 fully saturated rings. The number of aromatic nitrogens is 1. The van der Waals surface area contributed by atoms with E-state index >= 15 is 0 Å². The van der Waals surface area contributed by atoms with Crippen LogP contribution in [-0.2, 0) is 6.54 Å². The lowest BCUT2D eigenvalue weighted by atomic mass is 9.96. The molecule has 132 valence electrons. The number of nitrogens with one attached hydrogen (secondary N) is 1. The summed E-state index contributed by atoms with van der Waals surface area (Å²) in [5, 5.41) is 14.1. The average molecular weight is 340 g/mol. The zero-order valence-electron chi connectivity index (χ0n) is 14.5. The van der Waals surface area contributed by atoms with Crippen molar-refractivity contribution in [1.29, 1.82) is 0 Å². The molecule has 0 bridgehead atoms. The Morgan fingerprint density at radius 2 is 2.00 bits per heavy atom. The number of nitro groups is 1. The molecule has 1 aliphatic rings. The molecule has 0 atom stereocenters. The molecule has 1 aliphatic heterocycles. The molecular weight excluding hydrogens is 316 g/mol. The molecule has 2 aromatic rings. The average Bonchev–Trinajstić information content (AvgIpc) is 2.62. The Hall–Kier alpha value is -2.47. The van der Waals surface area contributed by atoms with Crippen molar-refractivity contribution in [3.63, 3.8) is 0 Å². The van der Waals surface area contributed by atoms with E-state index in [9.17, 15) is 10.1 Å². The van der Waals surface area contributed by atoms with Gasteiger partial charge in [0.05, 0.1) is 4.92 Å². The molecular formula is C19H24N4O2. The number of aryl methyl sites for hydroxylation is 1. The highest BCUT2D eigenvalue weighted by molar-refractivity contribution is 5.48. The van der Waals surface area contributed by atoms with Crippen LogP contribution in [-0.4, -0.2) is 34.4 Å². The number of benzene rings is 1. The predicted octanol–water partition coefficient (Wildman–Crippen LogP) is 3.62. The van der Waals surface area contributed by atoms with Crippen LogP contribution >= 0.6 is 0 Å². The number of hydrogen-bond donors (Lipinski definition) is 1. The smallest absolute Gasteiger partial charge is 0.287 e. The first-order chi connectivity index (χ1) is 12.1. The van der Waals surface area contributed by atoms with Gasteiger partial charge in [-0.05, 0) is 49.9 Å². The summed E-state index contributed by atoms with van der Waals surface area (Å²) in [6.07, 6.45) is 3.63. The number of likely N-dealkylation sites (tertiary alicyclic amines) is 1. The molecule has 1 saturated heterocycles. The third kappa shape index (κ3) is 4.76. The van der Waals surface area contributed by atoms with Crippen LogP contribution in [0.1, 0.15) is 24.0 Å². The fourth-order valence-corrected chi connectivity index (χ4v) is 3.28. The lowest BCUT2D eigenvalue weighted by Crippen LogP contribution is -2.35. The van der Waals surface area contributed by atoms with Crippen LogP contribution in [0.2, 0.25) is 0 Å². The number of piperidine rings is 1. The van der Waals surface area contributed by atoms with Crippen LogP contribution in [0, 0.1) is 23.0 Å². The van der Waals surface area contributed by atoms with Crippen molar-refractivity contribution in [1.82, 2.24) is 9.88 Å². The first kappa shape index (κ1) is 17.4. The van der Waals surface area contributed by atoms with Crippen molar-refractivity contribution < 1.29 is 4.92 Å². The molecule has 0 unspecified atom stereocenters. The van der Waals surface area contributed by atoms with Gasteiger partial charge in [-0.1, -0.05) is 30.3 Å². The van der Waals surface area contributed by atoms with Crippen LogP contribution in [0.5, 0.6) is 0 Å². The van der Waals surface area contributed by atoms with Gasteiger partial charge in [0.25, 0.3) is 5.69 Å². The molecule has 0 amide bonds. The fourth-order valence-electron chi connectivity index (χ4n) is 3.28. The van der Waals surface area contributed by atoms with Crippen LogP contribution in [0.4, 0.5) is 11.5 Å². The minimum atomic E-state index is -0.410. The van der Waals surface area contributed by atoms with Crippen LogP contribution in [0.25, 0.3) is 0 Å². The molecule has 1 aromatic carbocycles. The SMILES string of the molecule is Cc1cc([N+](=O)[O-])cnc1NCC1CCN(Cc2ccccc2)CC1. The van der Waals surface area contributed by atoms with E-state index in [2.05, 4.69) is 45.5 Å². The minimum Gasteiger partial charge on any atom is -0.370 e. The van der Waals surface area contributed by atoms with Crippen LogP contribution < -0.4 is 5.32 Å². The number of anilines is 1. The summed E-state index contributed by atoms with van der Waals surface area (Å²) in [5.41, 5.74) is 2.22. The summed E-state index contributed by atoms with van der Waals surface area (Å²) in [7, 11) is 0. The maximum atomic E-state index is 10.8. The Bertz CT molecular complexity index is 713. The largest absolute Gasteiger partial charge is 0.370 e. The highest BCUT2D eigenvalue weighted by Crippen LogP contribution is 2.22. The molecule has 3 rings (SSSR count). The first-order valence-electron chi connectivity index (χ1n) is 8.73. The van der Waals surface area contributed by atoms with E-state index in [4.69, 9.17) is 0 Å². The summed E-state index contributed by atoms with van der Waals surface area (Å²) in [6, 6.07) is 12.2. The van der Waals surface area contributed by atoms with Gasteiger partial charge in [-0.25, -0.2) is 4.98 Å². The summed E-state index contributed by atoms with van der Waals surface area (Å²) in [5.74, 6) is 1.36. The molecule has 1 aromatic heterocycles. The van der Waals surface area contributed by atoms with E-state index in [0.29, 0.717) is 5.92 Å². The molecule has 1 N–H and O–H groups in total. The first-order valence-corrected chi connectivity index (χ1v) is 8.73. The van der Waals surface area contributed by atoms with E-state index in [1.54, 1.807) is 6.07 Å². The lowest BCUT2D eigenvalue weighted by Gasteiger charge is -2.32. The number of nitrogens with zero attached hydrogens (tertiary/aromatic N) is 3. The standard InChI is InChI=1S/C19H24N4O2/c1-15-11-18(23(24)25)13-21-19(15)20-12-16-7-9-22(10-8-16)14-17-5-3-2-4-6-17/h2-6,11,13,16H,7-10,12,14H2,1H3,(H,20,21). The molecule has 2 heterocycles. The van der Waals surface area contributed by atoms with E-state index in [-0.39, 0.29) is 5.69 Å². The van der Waals surface area contributed by atoms with Gasteiger partial charge in [-0.15, -0.1) is 0 Å². The molecule has 0 saturated carbocycles. The monoisotopic (exact) mass is 340 g/mol. The minimum absolute atomic E-state index is 0.0391. The fraction of sp³-hybridized carbons (Fsp3) is 0.421. The molecule has 25 heavy (non-hydrogen) atoms. The molecule has 0 aliphatic carbocycles. The Balaban J connectivity index is 1.46. The maximum Gasteiger partial charge on any atom is 0.287 e. The van der Waals surface area contributed by atoms with Gasteiger partial charge in [0.2, 0.25) is 0 Å². The van der Waals surface area contributed by atoms with Gasteiger partial charge in [0.1, 0.15) is 12.0 Å². The Kier molecular flexibility index (Phi) is 5.60. The third-order valence-corrected chi connectivity index (χ3v) is 4.79. The maximum absolute atomic E-state index is 10.8. The Morgan fingerprint density at radius 3 is 2.64 bits per heavy atom. The second-order valence-corrected chi connectivity index (χ2v) is 6.70. The van der Waals surface area contributed by atoms with Crippen molar-refractivity contribution in [3.8, 4) is 0 Å². The highest BCUT2D eigenvalue weighted by atomic mass is 16.6.